The zero-order valence-corrected chi connectivity index (χ0v) is 11.0. The van der Waals surface area contributed by atoms with E-state index < -0.39 is 5.60 Å². The summed E-state index contributed by atoms with van der Waals surface area (Å²) in [6.45, 7) is 10.7. The van der Waals surface area contributed by atoms with Gasteiger partial charge in [-0.2, -0.15) is 0 Å². The Morgan fingerprint density at radius 1 is 1.25 bits per heavy atom. The molecule has 0 radical (unpaired) electrons. The predicted octanol–water partition coefficient (Wildman–Crippen LogP) is 3.78. The number of hydrogen-bond acceptors (Lipinski definition) is 1. The van der Waals surface area contributed by atoms with Crippen molar-refractivity contribution in [3.63, 3.8) is 0 Å². The fourth-order valence-corrected chi connectivity index (χ4v) is 4.08. The molecule has 1 unspecified atom stereocenters. The summed E-state index contributed by atoms with van der Waals surface area (Å²) >= 11 is 0. The van der Waals surface area contributed by atoms with E-state index in [1.807, 2.05) is 6.92 Å². The normalized spacial score (nSPS) is 48.5. The average Bonchev–Trinajstić information content (AvgIpc) is 2.15. The third-order valence-corrected chi connectivity index (χ3v) is 5.06. The fourth-order valence-electron chi connectivity index (χ4n) is 4.08. The number of fused-ring (bicyclic) bond motifs is 1. The van der Waals surface area contributed by atoms with Gasteiger partial charge in [0.2, 0.25) is 0 Å². The van der Waals surface area contributed by atoms with Crippen LogP contribution in [0.2, 0.25) is 0 Å². The number of allylic oxidation sites excluding steroid dienone is 1. The first kappa shape index (κ1) is 12.2. The molecule has 0 aliphatic heterocycles. The van der Waals surface area contributed by atoms with Crippen molar-refractivity contribution in [2.24, 2.45) is 23.7 Å². The predicted molar refractivity (Wildman–Crippen MR) is 68.2 cm³/mol. The van der Waals surface area contributed by atoms with Crippen LogP contribution in [0.5, 0.6) is 0 Å². The molecule has 92 valence electrons. The van der Waals surface area contributed by atoms with Gasteiger partial charge in [-0.1, -0.05) is 19.1 Å². The lowest BCUT2D eigenvalue weighted by molar-refractivity contribution is -0.0571. The Hall–Kier alpha value is -0.300. The minimum absolute atomic E-state index is 0.425. The molecule has 2 saturated carbocycles. The van der Waals surface area contributed by atoms with Gasteiger partial charge < -0.3 is 5.11 Å². The van der Waals surface area contributed by atoms with Crippen molar-refractivity contribution in [1.82, 2.24) is 0 Å². The molecule has 2 aliphatic rings. The Morgan fingerprint density at radius 3 is 2.56 bits per heavy atom. The van der Waals surface area contributed by atoms with Crippen LogP contribution in [-0.2, 0) is 0 Å². The zero-order chi connectivity index (χ0) is 11.9. The van der Waals surface area contributed by atoms with Crippen LogP contribution in [0.1, 0.15) is 52.9 Å². The number of aliphatic hydroxyl groups is 1. The van der Waals surface area contributed by atoms with E-state index in [1.54, 1.807) is 0 Å². The Balaban J connectivity index is 2.18. The first-order valence-corrected chi connectivity index (χ1v) is 6.78. The lowest BCUT2D eigenvalue weighted by atomic mass is 9.57. The van der Waals surface area contributed by atoms with E-state index in [4.69, 9.17) is 0 Å². The third-order valence-electron chi connectivity index (χ3n) is 5.06. The third kappa shape index (κ3) is 2.20. The van der Waals surface area contributed by atoms with Gasteiger partial charge in [0.05, 0.1) is 5.60 Å². The standard InChI is InChI=1S/C15H26O/c1-10(2)12-6-5-11(3)13-7-8-15(4,16)9-14(12)13/h11-14,16H,1,5-9H2,2-4H3/t11-,12+,13+,14-,15?/m1/s1. The molecule has 0 aromatic rings. The molecule has 16 heavy (non-hydrogen) atoms. The van der Waals surface area contributed by atoms with Crippen LogP contribution in [0.25, 0.3) is 0 Å². The van der Waals surface area contributed by atoms with Crippen molar-refractivity contribution in [3.05, 3.63) is 12.2 Å². The molecule has 2 fully saturated rings. The van der Waals surface area contributed by atoms with E-state index in [2.05, 4.69) is 20.4 Å². The smallest absolute Gasteiger partial charge is 0.0622 e. The highest BCUT2D eigenvalue weighted by molar-refractivity contribution is 5.06. The van der Waals surface area contributed by atoms with Crippen LogP contribution in [0.3, 0.4) is 0 Å². The second-order valence-corrected chi connectivity index (χ2v) is 6.57. The molecule has 1 N–H and O–H groups in total. The average molecular weight is 222 g/mol. The quantitative estimate of drug-likeness (QED) is 0.669. The molecule has 0 aromatic carbocycles. The van der Waals surface area contributed by atoms with Gasteiger partial charge in [-0.25, -0.2) is 0 Å². The van der Waals surface area contributed by atoms with Crippen LogP contribution < -0.4 is 0 Å². The minimum Gasteiger partial charge on any atom is -0.390 e. The molecule has 0 aromatic heterocycles. The van der Waals surface area contributed by atoms with Gasteiger partial charge in [0, 0.05) is 0 Å². The zero-order valence-electron chi connectivity index (χ0n) is 11.0. The maximum Gasteiger partial charge on any atom is 0.0622 e. The Bertz CT molecular complexity index is 279. The van der Waals surface area contributed by atoms with Gasteiger partial charge in [0.15, 0.2) is 0 Å². The summed E-state index contributed by atoms with van der Waals surface area (Å²) in [5, 5.41) is 10.3. The van der Waals surface area contributed by atoms with E-state index in [0.717, 1.165) is 24.7 Å². The molecular weight excluding hydrogens is 196 g/mol. The summed E-state index contributed by atoms with van der Waals surface area (Å²) in [5.41, 5.74) is 0.908. The Labute approximate surface area is 99.9 Å². The van der Waals surface area contributed by atoms with Crippen molar-refractivity contribution < 1.29 is 5.11 Å². The maximum atomic E-state index is 10.3. The summed E-state index contributed by atoms with van der Waals surface area (Å²) in [5.74, 6) is 3.02. The molecule has 0 saturated heterocycles. The van der Waals surface area contributed by atoms with Gasteiger partial charge in [0.25, 0.3) is 0 Å². The van der Waals surface area contributed by atoms with Crippen LogP contribution in [-0.4, -0.2) is 10.7 Å². The summed E-state index contributed by atoms with van der Waals surface area (Å²) in [6, 6.07) is 0. The van der Waals surface area contributed by atoms with Gasteiger partial charge in [-0.3, -0.25) is 0 Å². The Morgan fingerprint density at radius 2 is 1.94 bits per heavy atom. The van der Waals surface area contributed by atoms with Gasteiger partial charge in [-0.05, 0) is 69.6 Å². The molecule has 0 amide bonds. The van der Waals surface area contributed by atoms with Crippen LogP contribution >= 0.6 is 0 Å². The van der Waals surface area contributed by atoms with Gasteiger partial charge >= 0.3 is 0 Å². The first-order chi connectivity index (χ1) is 7.41. The number of rotatable bonds is 1. The van der Waals surface area contributed by atoms with E-state index in [-0.39, 0.29) is 0 Å². The first-order valence-electron chi connectivity index (χ1n) is 6.78. The van der Waals surface area contributed by atoms with Crippen molar-refractivity contribution in [3.8, 4) is 0 Å². The van der Waals surface area contributed by atoms with E-state index in [9.17, 15) is 5.11 Å². The largest absolute Gasteiger partial charge is 0.390 e. The lowest BCUT2D eigenvalue weighted by Gasteiger charge is -2.49. The van der Waals surface area contributed by atoms with Crippen molar-refractivity contribution >= 4 is 0 Å². The van der Waals surface area contributed by atoms with Crippen LogP contribution in [0.15, 0.2) is 12.2 Å². The molecule has 0 bridgehead atoms. The Kier molecular flexibility index (Phi) is 3.18. The highest BCUT2D eigenvalue weighted by Crippen LogP contribution is 2.50. The lowest BCUT2D eigenvalue weighted by Crippen LogP contribution is -2.44. The van der Waals surface area contributed by atoms with Crippen molar-refractivity contribution in [1.29, 1.82) is 0 Å². The molecule has 2 aliphatic carbocycles. The summed E-state index contributed by atoms with van der Waals surface area (Å²) in [6.07, 6.45) is 5.82. The van der Waals surface area contributed by atoms with Gasteiger partial charge in [0.1, 0.15) is 0 Å². The van der Waals surface area contributed by atoms with Gasteiger partial charge in [-0.15, -0.1) is 0 Å². The number of hydrogen-bond donors (Lipinski definition) is 1. The maximum absolute atomic E-state index is 10.3. The SMILES string of the molecule is C=C(C)[C@@H]1CC[C@@H](C)[C@@H]2CCC(C)(O)C[C@@H]21. The van der Waals surface area contributed by atoms with Crippen LogP contribution in [0.4, 0.5) is 0 Å². The fraction of sp³-hybridized carbons (Fsp3) is 0.867. The van der Waals surface area contributed by atoms with E-state index in [1.165, 1.54) is 24.8 Å². The molecule has 2 rings (SSSR count). The molecule has 1 heteroatoms. The molecule has 5 atom stereocenters. The summed E-state index contributed by atoms with van der Waals surface area (Å²) in [7, 11) is 0. The second-order valence-electron chi connectivity index (χ2n) is 6.57. The van der Waals surface area contributed by atoms with Crippen molar-refractivity contribution in [2.45, 2.75) is 58.5 Å². The van der Waals surface area contributed by atoms with E-state index in [0.29, 0.717) is 11.8 Å². The second kappa shape index (κ2) is 4.18. The van der Waals surface area contributed by atoms with Crippen LogP contribution in [0, 0.1) is 23.7 Å². The summed E-state index contributed by atoms with van der Waals surface area (Å²) in [4.78, 5) is 0. The molecule has 1 nitrogen and oxygen atoms in total. The van der Waals surface area contributed by atoms with Crippen molar-refractivity contribution in [2.75, 3.05) is 0 Å². The molecule has 0 spiro atoms. The van der Waals surface area contributed by atoms with E-state index >= 15 is 0 Å². The minimum atomic E-state index is -0.425. The molecular formula is C15H26O. The topological polar surface area (TPSA) is 20.2 Å². The highest BCUT2D eigenvalue weighted by atomic mass is 16.3. The highest BCUT2D eigenvalue weighted by Gasteiger charge is 2.44. The monoisotopic (exact) mass is 222 g/mol. The molecule has 0 heterocycles. The summed E-state index contributed by atoms with van der Waals surface area (Å²) < 4.78 is 0.